The first-order valence-electron chi connectivity index (χ1n) is 20.4. The molecule has 0 bridgehead atoms. The molecular formula is C46H48Cl2N4O8. The van der Waals surface area contributed by atoms with Gasteiger partial charge in [0.25, 0.3) is 11.8 Å². The summed E-state index contributed by atoms with van der Waals surface area (Å²) in [5, 5.41) is 20.5. The minimum Gasteiger partial charge on any atom is -0.480 e. The van der Waals surface area contributed by atoms with Crippen LogP contribution in [0.25, 0.3) is 0 Å². The number of aryl methyl sites for hydroxylation is 1. The van der Waals surface area contributed by atoms with Gasteiger partial charge in [0, 0.05) is 58.6 Å². The molecule has 0 aromatic heterocycles. The van der Waals surface area contributed by atoms with E-state index in [0.29, 0.717) is 73.0 Å². The van der Waals surface area contributed by atoms with Crippen LogP contribution >= 0.6 is 23.2 Å². The summed E-state index contributed by atoms with van der Waals surface area (Å²) >= 11 is 12.7. The number of carbonyl (C=O) groups is 5. The van der Waals surface area contributed by atoms with Gasteiger partial charge in [-0.1, -0.05) is 59.6 Å². The average molecular weight is 856 g/mol. The molecule has 0 unspecified atom stereocenters. The lowest BCUT2D eigenvalue weighted by atomic mass is 10.0. The molecule has 14 heteroatoms. The van der Waals surface area contributed by atoms with Crippen LogP contribution in [0.3, 0.4) is 0 Å². The molecule has 12 nitrogen and oxygen atoms in total. The summed E-state index contributed by atoms with van der Waals surface area (Å²) in [6.07, 6.45) is 4.28. The number of carbonyl (C=O) groups excluding carboxylic acids is 3. The van der Waals surface area contributed by atoms with Crippen LogP contribution in [0, 0.1) is 6.92 Å². The van der Waals surface area contributed by atoms with Crippen molar-refractivity contribution in [2.24, 2.45) is 0 Å². The van der Waals surface area contributed by atoms with Gasteiger partial charge in [-0.3, -0.25) is 14.4 Å². The number of hydrogen-bond acceptors (Lipinski definition) is 7. The number of carboxylic acids is 2. The second-order valence-electron chi connectivity index (χ2n) is 15.5. The topological polar surface area (TPSA) is 148 Å². The first kappa shape index (κ1) is 42.7. The maximum Gasteiger partial charge on any atom is 0.326 e. The molecule has 0 radical (unpaired) electrons. The zero-order valence-corrected chi connectivity index (χ0v) is 34.9. The number of ether oxygens (including phenoxy) is 1. The van der Waals surface area contributed by atoms with Crippen molar-refractivity contribution >= 4 is 64.2 Å². The molecule has 4 aliphatic rings. The predicted octanol–water partition coefficient (Wildman–Crippen LogP) is 8.20. The Hall–Kier alpha value is -5.43. The number of anilines is 2. The molecule has 0 spiro atoms. The molecule has 4 heterocycles. The number of hydrogen-bond donors (Lipinski definition) is 2. The molecule has 2 N–H and O–H groups in total. The lowest BCUT2D eigenvalue weighted by Crippen LogP contribution is -2.42. The molecule has 4 aromatic carbocycles. The Balaban J connectivity index is 0.000000181. The summed E-state index contributed by atoms with van der Waals surface area (Å²) in [4.78, 5) is 69.6. The van der Waals surface area contributed by atoms with E-state index in [1.165, 1.54) is 9.80 Å². The maximum atomic E-state index is 13.5. The van der Waals surface area contributed by atoms with Gasteiger partial charge in [-0.25, -0.2) is 9.59 Å². The number of aliphatic carboxylic acids is 2. The van der Waals surface area contributed by atoms with Crippen LogP contribution < -0.4 is 9.80 Å². The van der Waals surface area contributed by atoms with Crippen molar-refractivity contribution in [2.45, 2.75) is 76.0 Å². The van der Waals surface area contributed by atoms with Gasteiger partial charge >= 0.3 is 11.9 Å². The van der Waals surface area contributed by atoms with E-state index < -0.39 is 30.1 Å². The zero-order chi connectivity index (χ0) is 42.5. The highest BCUT2D eigenvalue weighted by molar-refractivity contribution is 6.31. The molecule has 4 aliphatic heterocycles. The smallest absolute Gasteiger partial charge is 0.326 e. The van der Waals surface area contributed by atoms with E-state index in [1.807, 2.05) is 55.5 Å². The van der Waals surface area contributed by atoms with Crippen molar-refractivity contribution in [1.29, 1.82) is 0 Å². The Labute approximate surface area is 359 Å². The molecule has 8 rings (SSSR count). The Morgan fingerprint density at radius 1 is 0.650 bits per heavy atom. The highest BCUT2D eigenvalue weighted by Crippen LogP contribution is 2.42. The lowest BCUT2D eigenvalue weighted by molar-refractivity contribution is -0.142. The third kappa shape index (κ3) is 9.01. The molecule has 4 aromatic rings. The summed E-state index contributed by atoms with van der Waals surface area (Å²) < 4.78 is 5.42. The number of halogens is 2. The van der Waals surface area contributed by atoms with Crippen LogP contribution in [0.2, 0.25) is 10.0 Å². The van der Waals surface area contributed by atoms with Gasteiger partial charge in [0.2, 0.25) is 5.91 Å². The largest absolute Gasteiger partial charge is 0.480 e. The Bertz CT molecular complexity index is 2250. The normalized spacial score (nSPS) is 21.7. The minimum absolute atomic E-state index is 0.0876. The molecular weight excluding hydrogens is 807 g/mol. The average Bonchev–Trinajstić information content (AvgIpc) is 3.91. The lowest BCUT2D eigenvalue weighted by Gasteiger charge is -2.31. The molecule has 4 atom stereocenters. The fourth-order valence-electron chi connectivity index (χ4n) is 8.88. The SMILES string of the molecule is Cc1cc(C(=O)N2[C@@H](c3ccccc3Cl)CC[C@H]2C(=O)O)ccc1N1CCOCC1.O=C(O)[C@@H]1CC[C@H](c2ccccc2Cl)N1C(=O)c1ccc(N2CCCCC2=O)cc1. The van der Waals surface area contributed by atoms with E-state index >= 15 is 0 Å². The van der Waals surface area contributed by atoms with Gasteiger partial charge in [-0.05, 0) is 117 Å². The van der Waals surface area contributed by atoms with Gasteiger partial charge in [0.15, 0.2) is 0 Å². The van der Waals surface area contributed by atoms with Crippen LogP contribution in [0.5, 0.6) is 0 Å². The second kappa shape index (κ2) is 18.9. The van der Waals surface area contributed by atoms with E-state index in [2.05, 4.69) is 4.90 Å². The van der Waals surface area contributed by atoms with Crippen LogP contribution in [0.4, 0.5) is 11.4 Å². The second-order valence-corrected chi connectivity index (χ2v) is 16.3. The molecule has 314 valence electrons. The number of piperidine rings is 1. The predicted molar refractivity (Wildman–Crippen MR) is 229 cm³/mol. The number of morpholine rings is 1. The number of nitrogens with zero attached hydrogens (tertiary/aromatic N) is 4. The third-order valence-corrected chi connectivity index (χ3v) is 12.6. The van der Waals surface area contributed by atoms with E-state index in [-0.39, 0.29) is 23.8 Å². The number of likely N-dealkylation sites (tertiary alicyclic amines) is 2. The fourth-order valence-corrected chi connectivity index (χ4v) is 9.41. The summed E-state index contributed by atoms with van der Waals surface area (Å²) in [5.41, 5.74) is 5.26. The molecule has 60 heavy (non-hydrogen) atoms. The van der Waals surface area contributed by atoms with Crippen molar-refractivity contribution in [1.82, 2.24) is 9.80 Å². The maximum absolute atomic E-state index is 13.5. The Morgan fingerprint density at radius 2 is 1.17 bits per heavy atom. The van der Waals surface area contributed by atoms with Crippen molar-refractivity contribution < 1.29 is 38.9 Å². The van der Waals surface area contributed by atoms with Gasteiger partial charge < -0.3 is 34.5 Å². The van der Waals surface area contributed by atoms with Crippen molar-refractivity contribution in [3.8, 4) is 0 Å². The molecule has 4 saturated heterocycles. The zero-order valence-electron chi connectivity index (χ0n) is 33.3. The molecule has 0 saturated carbocycles. The highest BCUT2D eigenvalue weighted by atomic mass is 35.5. The first-order chi connectivity index (χ1) is 28.9. The summed E-state index contributed by atoms with van der Waals surface area (Å²) in [6.45, 7) is 5.66. The summed E-state index contributed by atoms with van der Waals surface area (Å²) in [5.74, 6) is -2.54. The quantitative estimate of drug-likeness (QED) is 0.179. The standard InChI is InChI=1S/C23H25ClN2O4.C23H23ClN2O4/c1-15-14-16(6-7-19(15)25-10-12-30-13-11-25)22(27)26-20(8-9-21(26)23(28)29)17-4-2-3-5-18(17)24;24-18-6-2-1-5-17(18)19-12-13-20(23(29)30)26(19)22(28)15-8-10-16(11-9-15)25-14-4-3-7-21(25)27/h2-7,14,20-21H,8-13H2,1H3,(H,28,29);1-2,5-6,8-11,19-20H,3-4,7,12-14H2,(H,29,30)/t20-,21+;19-,20+/m11/s1. The van der Waals surface area contributed by atoms with Crippen molar-refractivity contribution in [3.63, 3.8) is 0 Å². The van der Waals surface area contributed by atoms with Gasteiger partial charge in [-0.15, -0.1) is 0 Å². The number of amides is 3. The van der Waals surface area contributed by atoms with Crippen LogP contribution in [0.1, 0.15) is 94.4 Å². The van der Waals surface area contributed by atoms with E-state index in [0.717, 1.165) is 54.0 Å². The Kier molecular flexibility index (Phi) is 13.4. The molecule has 3 amide bonds. The van der Waals surface area contributed by atoms with Crippen LogP contribution in [0.15, 0.2) is 91.0 Å². The van der Waals surface area contributed by atoms with Gasteiger partial charge in [0.1, 0.15) is 12.1 Å². The van der Waals surface area contributed by atoms with Crippen LogP contribution in [-0.2, 0) is 19.1 Å². The first-order valence-corrected chi connectivity index (χ1v) is 21.1. The van der Waals surface area contributed by atoms with Gasteiger partial charge in [0.05, 0.1) is 25.3 Å². The number of benzene rings is 4. The monoisotopic (exact) mass is 854 g/mol. The molecule has 4 fully saturated rings. The number of carboxylic acid groups (broad SMARTS) is 2. The molecule has 0 aliphatic carbocycles. The van der Waals surface area contributed by atoms with E-state index in [1.54, 1.807) is 47.4 Å². The number of rotatable bonds is 8. The van der Waals surface area contributed by atoms with Crippen molar-refractivity contribution in [2.75, 3.05) is 42.6 Å². The van der Waals surface area contributed by atoms with Crippen LogP contribution in [-0.4, -0.2) is 94.6 Å². The highest BCUT2D eigenvalue weighted by Gasteiger charge is 2.44. The van der Waals surface area contributed by atoms with Gasteiger partial charge in [-0.2, -0.15) is 0 Å². The minimum atomic E-state index is -1.02. The summed E-state index contributed by atoms with van der Waals surface area (Å²) in [7, 11) is 0. The van der Waals surface area contributed by atoms with E-state index in [9.17, 15) is 34.2 Å². The Morgan fingerprint density at radius 3 is 1.67 bits per heavy atom. The summed E-state index contributed by atoms with van der Waals surface area (Å²) in [6, 6.07) is 24.5. The third-order valence-electron chi connectivity index (χ3n) is 11.9. The van der Waals surface area contributed by atoms with E-state index in [4.69, 9.17) is 27.9 Å². The fraction of sp³-hybridized carbons (Fsp3) is 0.370. The van der Waals surface area contributed by atoms with Crippen molar-refractivity contribution in [3.05, 3.63) is 129 Å².